The van der Waals surface area contributed by atoms with Gasteiger partial charge in [-0.3, -0.25) is 4.79 Å². The molecule has 0 saturated heterocycles. The molecule has 0 bridgehead atoms. The first-order valence-electron chi connectivity index (χ1n) is 5.19. The maximum atomic E-state index is 11.8. The molecule has 0 aliphatic rings. The summed E-state index contributed by atoms with van der Waals surface area (Å²) in [5.41, 5.74) is 7.81. The Hall–Kier alpha value is -1.72. The number of nitrogens with zero attached hydrogens (tertiary/aromatic N) is 1. The normalized spacial score (nSPS) is 12.1. The minimum Gasteiger partial charge on any atom is -0.316 e. The van der Waals surface area contributed by atoms with E-state index in [1.54, 1.807) is 11.6 Å². The summed E-state index contributed by atoms with van der Waals surface area (Å²) in [5.74, 6) is -0.246. The van der Waals surface area contributed by atoms with Crippen LogP contribution in [0.15, 0.2) is 35.8 Å². The fraction of sp³-hybridized carbons (Fsp3) is 0.167. The van der Waals surface area contributed by atoms with Gasteiger partial charge >= 0.3 is 0 Å². The lowest BCUT2D eigenvalue weighted by molar-refractivity contribution is -0.117. The molecule has 1 aromatic carbocycles. The summed E-state index contributed by atoms with van der Waals surface area (Å²) in [6.07, 6.45) is 1.64. The average molecular weight is 247 g/mol. The molecule has 3 N–H and O–H groups in total. The maximum Gasteiger partial charge on any atom is 0.247 e. The second-order valence-electron chi connectivity index (χ2n) is 3.71. The maximum absolute atomic E-state index is 11.8. The van der Waals surface area contributed by atoms with E-state index in [-0.39, 0.29) is 5.91 Å². The number of thiazole rings is 1. The lowest BCUT2D eigenvalue weighted by atomic mass is 10.1. The van der Waals surface area contributed by atoms with E-state index >= 15 is 0 Å². The number of nitrogens with two attached hydrogens (primary N) is 1. The summed E-state index contributed by atoms with van der Waals surface area (Å²) in [4.78, 5) is 15.8. The topological polar surface area (TPSA) is 68.0 Å². The molecule has 1 heterocycles. The minimum atomic E-state index is -0.667. The van der Waals surface area contributed by atoms with Gasteiger partial charge in [0.1, 0.15) is 6.04 Å². The molecule has 2 rings (SSSR count). The molecular formula is C12H13N3OS. The SMILES string of the molecule is Cc1ccc(C(N)C(=O)Nc2nccs2)cc1. The standard InChI is InChI=1S/C12H13N3OS/c1-8-2-4-9(5-3-8)10(13)11(16)15-12-14-6-7-17-12/h2-7,10H,13H2,1H3,(H,14,15,16). The number of anilines is 1. The van der Waals surface area contributed by atoms with Crippen LogP contribution in [0.3, 0.4) is 0 Å². The molecule has 5 heteroatoms. The molecule has 4 nitrogen and oxygen atoms in total. The van der Waals surface area contributed by atoms with E-state index < -0.39 is 6.04 Å². The van der Waals surface area contributed by atoms with Crippen LogP contribution in [-0.2, 0) is 4.79 Å². The fourth-order valence-corrected chi connectivity index (χ4v) is 1.93. The highest BCUT2D eigenvalue weighted by molar-refractivity contribution is 7.13. The van der Waals surface area contributed by atoms with Crippen LogP contribution in [0.4, 0.5) is 5.13 Å². The number of hydrogen-bond donors (Lipinski definition) is 2. The van der Waals surface area contributed by atoms with Crippen LogP contribution in [0.2, 0.25) is 0 Å². The third-order valence-corrected chi connectivity index (χ3v) is 3.07. The van der Waals surface area contributed by atoms with Gasteiger partial charge in [0.15, 0.2) is 5.13 Å². The fourth-order valence-electron chi connectivity index (χ4n) is 1.39. The van der Waals surface area contributed by atoms with Gasteiger partial charge in [0.05, 0.1) is 0 Å². The van der Waals surface area contributed by atoms with Crippen LogP contribution in [0.25, 0.3) is 0 Å². The second-order valence-corrected chi connectivity index (χ2v) is 4.61. The van der Waals surface area contributed by atoms with Gasteiger partial charge in [-0.05, 0) is 12.5 Å². The van der Waals surface area contributed by atoms with Gasteiger partial charge in [0.25, 0.3) is 0 Å². The molecule has 88 valence electrons. The Morgan fingerprint density at radius 1 is 1.41 bits per heavy atom. The van der Waals surface area contributed by atoms with Crippen molar-refractivity contribution in [1.82, 2.24) is 4.98 Å². The summed E-state index contributed by atoms with van der Waals surface area (Å²) in [7, 11) is 0. The second kappa shape index (κ2) is 5.07. The van der Waals surface area contributed by atoms with Crippen molar-refractivity contribution in [2.45, 2.75) is 13.0 Å². The highest BCUT2D eigenvalue weighted by Crippen LogP contribution is 2.16. The smallest absolute Gasteiger partial charge is 0.247 e. The van der Waals surface area contributed by atoms with E-state index in [9.17, 15) is 4.79 Å². The number of carbonyl (C=O) groups excluding carboxylic acids is 1. The average Bonchev–Trinajstić information content (AvgIpc) is 2.82. The Balaban J connectivity index is 2.07. The van der Waals surface area contributed by atoms with Gasteiger partial charge in [0, 0.05) is 11.6 Å². The van der Waals surface area contributed by atoms with Crippen molar-refractivity contribution in [3.63, 3.8) is 0 Å². The minimum absolute atomic E-state index is 0.246. The molecule has 0 fully saturated rings. The molecule has 0 spiro atoms. The molecular weight excluding hydrogens is 234 g/mol. The number of benzene rings is 1. The van der Waals surface area contributed by atoms with Crippen LogP contribution in [0.5, 0.6) is 0 Å². The van der Waals surface area contributed by atoms with Crippen molar-refractivity contribution in [2.75, 3.05) is 5.32 Å². The van der Waals surface area contributed by atoms with E-state index in [1.165, 1.54) is 11.3 Å². The molecule has 17 heavy (non-hydrogen) atoms. The lowest BCUT2D eigenvalue weighted by Gasteiger charge is -2.11. The third-order valence-electron chi connectivity index (χ3n) is 2.38. The largest absolute Gasteiger partial charge is 0.316 e. The van der Waals surface area contributed by atoms with Crippen LogP contribution < -0.4 is 11.1 Å². The lowest BCUT2D eigenvalue weighted by Crippen LogP contribution is -2.27. The predicted octanol–water partition coefficient (Wildman–Crippen LogP) is 2.09. The molecule has 1 atom stereocenters. The Morgan fingerprint density at radius 2 is 2.12 bits per heavy atom. The van der Waals surface area contributed by atoms with E-state index in [4.69, 9.17) is 5.73 Å². The van der Waals surface area contributed by atoms with Crippen molar-refractivity contribution >= 4 is 22.4 Å². The number of amides is 1. The Bertz CT molecular complexity index is 493. The monoisotopic (exact) mass is 247 g/mol. The number of hydrogen-bond acceptors (Lipinski definition) is 4. The first-order chi connectivity index (χ1) is 8.16. The summed E-state index contributed by atoms with van der Waals surface area (Å²) in [6, 6.07) is 6.93. The van der Waals surface area contributed by atoms with Crippen LogP contribution >= 0.6 is 11.3 Å². The van der Waals surface area contributed by atoms with Gasteiger partial charge in [-0.15, -0.1) is 11.3 Å². The number of carbonyl (C=O) groups is 1. The summed E-state index contributed by atoms with van der Waals surface area (Å²) < 4.78 is 0. The Morgan fingerprint density at radius 3 is 2.71 bits per heavy atom. The van der Waals surface area contributed by atoms with Crippen molar-refractivity contribution in [1.29, 1.82) is 0 Å². The zero-order chi connectivity index (χ0) is 12.3. The molecule has 1 unspecified atom stereocenters. The van der Waals surface area contributed by atoms with E-state index in [2.05, 4.69) is 10.3 Å². The molecule has 1 amide bonds. The molecule has 0 aliphatic heterocycles. The summed E-state index contributed by atoms with van der Waals surface area (Å²) in [5, 5.41) is 5.04. The number of aromatic nitrogens is 1. The van der Waals surface area contributed by atoms with Crippen molar-refractivity contribution in [3.05, 3.63) is 47.0 Å². The molecule has 0 saturated carbocycles. The van der Waals surface area contributed by atoms with Gasteiger partial charge in [0.2, 0.25) is 5.91 Å². The van der Waals surface area contributed by atoms with Gasteiger partial charge in [-0.1, -0.05) is 29.8 Å². The van der Waals surface area contributed by atoms with Crippen LogP contribution in [-0.4, -0.2) is 10.9 Å². The van der Waals surface area contributed by atoms with E-state index in [0.29, 0.717) is 5.13 Å². The quantitative estimate of drug-likeness (QED) is 0.872. The zero-order valence-corrected chi connectivity index (χ0v) is 10.2. The summed E-state index contributed by atoms with van der Waals surface area (Å²) in [6.45, 7) is 1.99. The van der Waals surface area contributed by atoms with Gasteiger partial charge < -0.3 is 11.1 Å². The number of nitrogens with one attached hydrogen (secondary N) is 1. The molecule has 0 aliphatic carbocycles. The third kappa shape index (κ3) is 2.89. The van der Waals surface area contributed by atoms with Gasteiger partial charge in [-0.25, -0.2) is 4.98 Å². The van der Waals surface area contributed by atoms with Crippen molar-refractivity contribution < 1.29 is 4.79 Å². The predicted molar refractivity (Wildman–Crippen MR) is 68.9 cm³/mol. The van der Waals surface area contributed by atoms with E-state index in [1.807, 2.05) is 31.2 Å². The van der Waals surface area contributed by atoms with E-state index in [0.717, 1.165) is 11.1 Å². The van der Waals surface area contributed by atoms with Crippen molar-refractivity contribution in [3.8, 4) is 0 Å². The van der Waals surface area contributed by atoms with Crippen molar-refractivity contribution in [2.24, 2.45) is 5.73 Å². The first kappa shape index (κ1) is 11.8. The molecule has 1 aromatic heterocycles. The van der Waals surface area contributed by atoms with Gasteiger partial charge in [-0.2, -0.15) is 0 Å². The summed E-state index contributed by atoms with van der Waals surface area (Å²) >= 11 is 1.37. The highest BCUT2D eigenvalue weighted by atomic mass is 32.1. The highest BCUT2D eigenvalue weighted by Gasteiger charge is 2.16. The number of aryl methyl sites for hydroxylation is 1. The molecule has 2 aromatic rings. The Kier molecular flexibility index (Phi) is 3.51. The Labute approximate surface area is 103 Å². The van der Waals surface area contributed by atoms with Crippen LogP contribution in [0.1, 0.15) is 17.2 Å². The first-order valence-corrected chi connectivity index (χ1v) is 6.07. The molecule has 0 radical (unpaired) electrons. The number of rotatable bonds is 3. The zero-order valence-electron chi connectivity index (χ0n) is 9.38. The van der Waals surface area contributed by atoms with Crippen LogP contribution in [0, 0.1) is 6.92 Å².